The van der Waals surface area contributed by atoms with Gasteiger partial charge >= 0.3 is 6.18 Å². The highest BCUT2D eigenvalue weighted by molar-refractivity contribution is 5.85. The average Bonchev–Trinajstić information content (AvgIpc) is 2.34. The number of ether oxygens (including phenoxy) is 1. The molecule has 0 saturated carbocycles. The summed E-state index contributed by atoms with van der Waals surface area (Å²) in [7, 11) is 1.01. The van der Waals surface area contributed by atoms with Gasteiger partial charge in [-0.2, -0.15) is 13.2 Å². The fourth-order valence-electron chi connectivity index (χ4n) is 1.28. The Kier molecular flexibility index (Phi) is 7.79. The van der Waals surface area contributed by atoms with Crippen LogP contribution in [0, 0.1) is 0 Å². The van der Waals surface area contributed by atoms with Crippen molar-refractivity contribution in [3.63, 3.8) is 0 Å². The molecule has 0 aliphatic rings. The van der Waals surface area contributed by atoms with Crippen molar-refractivity contribution in [3.8, 4) is 0 Å². The smallest absolute Gasteiger partial charge is 0.424 e. The Morgan fingerprint density at radius 3 is 2.30 bits per heavy atom. The van der Waals surface area contributed by atoms with E-state index < -0.39 is 23.5 Å². The summed E-state index contributed by atoms with van der Waals surface area (Å²) in [5, 5.41) is 0. The molecule has 0 aromatic heterocycles. The molecule has 0 amide bonds. The first kappa shape index (κ1) is 18.3. The van der Waals surface area contributed by atoms with Crippen LogP contribution in [0.25, 0.3) is 0 Å². The van der Waals surface area contributed by atoms with E-state index in [1.807, 2.05) is 0 Å². The van der Waals surface area contributed by atoms with Crippen LogP contribution in [0.5, 0.6) is 0 Å². The molecule has 0 N–H and O–H groups in total. The fraction of sp³-hybridized carbons (Fsp3) is 0.538. The molecule has 0 aliphatic carbocycles. The highest BCUT2D eigenvalue weighted by Gasteiger charge is 2.40. The van der Waals surface area contributed by atoms with E-state index >= 15 is 0 Å². The second-order valence-corrected chi connectivity index (χ2v) is 3.79. The van der Waals surface area contributed by atoms with E-state index in [9.17, 15) is 17.6 Å². The Morgan fingerprint density at radius 2 is 1.90 bits per heavy atom. The Hall–Kier alpha value is -1.66. The minimum absolute atomic E-state index is 0.119. The SMILES string of the molecule is CC=NCC(C)=N/C(OC)=C(\C(F)=C\CC)C(F)(F)F. The van der Waals surface area contributed by atoms with Gasteiger partial charge < -0.3 is 4.74 Å². The molecule has 0 fully saturated rings. The van der Waals surface area contributed by atoms with Crippen molar-refractivity contribution in [1.29, 1.82) is 0 Å². The number of alkyl halides is 3. The molecule has 20 heavy (non-hydrogen) atoms. The summed E-state index contributed by atoms with van der Waals surface area (Å²) in [4.78, 5) is 7.50. The molecule has 0 rings (SSSR count). The zero-order valence-corrected chi connectivity index (χ0v) is 11.9. The number of nitrogens with zero attached hydrogens (tertiary/aromatic N) is 2. The molecule has 0 spiro atoms. The minimum atomic E-state index is -4.89. The number of hydrogen-bond acceptors (Lipinski definition) is 3. The molecule has 0 aliphatic heterocycles. The Morgan fingerprint density at radius 1 is 1.30 bits per heavy atom. The average molecular weight is 294 g/mol. The van der Waals surface area contributed by atoms with E-state index in [1.165, 1.54) is 20.1 Å². The van der Waals surface area contributed by atoms with E-state index in [-0.39, 0.29) is 18.7 Å². The van der Waals surface area contributed by atoms with E-state index in [2.05, 4.69) is 14.7 Å². The van der Waals surface area contributed by atoms with Gasteiger partial charge in [0.05, 0.1) is 13.7 Å². The first-order valence-corrected chi connectivity index (χ1v) is 5.97. The van der Waals surface area contributed by atoms with Crippen LogP contribution in [-0.4, -0.2) is 31.8 Å². The quantitative estimate of drug-likeness (QED) is 0.312. The number of halogens is 4. The lowest BCUT2D eigenvalue weighted by atomic mass is 10.2. The van der Waals surface area contributed by atoms with Crippen molar-refractivity contribution in [3.05, 3.63) is 23.4 Å². The van der Waals surface area contributed by atoms with Crippen molar-refractivity contribution in [1.82, 2.24) is 0 Å². The summed E-state index contributed by atoms with van der Waals surface area (Å²) in [6, 6.07) is 0. The summed E-state index contributed by atoms with van der Waals surface area (Å²) in [6.07, 6.45) is -2.43. The van der Waals surface area contributed by atoms with Gasteiger partial charge in [0, 0.05) is 5.71 Å². The molecule has 0 saturated heterocycles. The molecule has 0 aromatic carbocycles. The maximum absolute atomic E-state index is 13.6. The maximum Gasteiger partial charge on any atom is 0.424 e. The van der Waals surface area contributed by atoms with Gasteiger partial charge in [-0.25, -0.2) is 9.38 Å². The molecule has 3 nitrogen and oxygen atoms in total. The van der Waals surface area contributed by atoms with Crippen molar-refractivity contribution in [2.24, 2.45) is 9.98 Å². The Balaban J connectivity index is 5.80. The molecule has 7 heteroatoms. The van der Waals surface area contributed by atoms with Crippen molar-refractivity contribution < 1.29 is 22.3 Å². The summed E-state index contributed by atoms with van der Waals surface area (Å²) in [5.74, 6) is -2.20. The monoisotopic (exact) mass is 294 g/mol. The van der Waals surface area contributed by atoms with E-state index in [1.54, 1.807) is 6.92 Å². The standard InChI is InChI=1S/C13H18F4N2O/c1-5-7-10(14)11(13(15,16)17)12(20-4)19-9(3)8-18-6-2/h6-7H,5,8H2,1-4H3/b10-7-,12-11-,18-6?,19-9?. The molecule has 114 valence electrons. The molecule has 0 atom stereocenters. The zero-order valence-electron chi connectivity index (χ0n) is 11.9. The van der Waals surface area contributed by atoms with Crippen LogP contribution in [-0.2, 0) is 4.74 Å². The summed E-state index contributed by atoms with van der Waals surface area (Å²) in [6.45, 7) is 4.81. The van der Waals surface area contributed by atoms with Gasteiger partial charge in [-0.1, -0.05) is 6.92 Å². The van der Waals surface area contributed by atoms with Gasteiger partial charge in [-0.05, 0) is 32.6 Å². The lowest BCUT2D eigenvalue weighted by Gasteiger charge is -2.13. The van der Waals surface area contributed by atoms with E-state index in [0.717, 1.165) is 13.2 Å². The molecule has 0 aromatic rings. The number of hydrogen-bond donors (Lipinski definition) is 0. The largest absolute Gasteiger partial charge is 0.480 e. The molecule has 0 heterocycles. The van der Waals surface area contributed by atoms with Gasteiger partial charge in [0.25, 0.3) is 0 Å². The molecule has 0 bridgehead atoms. The van der Waals surface area contributed by atoms with Crippen LogP contribution in [0.15, 0.2) is 33.3 Å². The maximum atomic E-state index is 13.6. The number of allylic oxidation sites excluding steroid dienone is 3. The number of aliphatic imine (C=N–C) groups is 2. The van der Waals surface area contributed by atoms with Crippen LogP contribution < -0.4 is 0 Å². The molecular formula is C13H18F4N2O. The van der Waals surface area contributed by atoms with Gasteiger partial charge in [0.2, 0.25) is 5.88 Å². The van der Waals surface area contributed by atoms with Crippen molar-refractivity contribution in [2.45, 2.75) is 33.4 Å². The lowest BCUT2D eigenvalue weighted by molar-refractivity contribution is -0.0944. The van der Waals surface area contributed by atoms with Gasteiger partial charge in [0.1, 0.15) is 5.83 Å². The van der Waals surface area contributed by atoms with Gasteiger partial charge in [-0.3, -0.25) is 4.99 Å². The van der Waals surface area contributed by atoms with Crippen LogP contribution in [0.2, 0.25) is 0 Å². The second-order valence-electron chi connectivity index (χ2n) is 3.79. The van der Waals surface area contributed by atoms with Crippen molar-refractivity contribution in [2.75, 3.05) is 13.7 Å². The van der Waals surface area contributed by atoms with Gasteiger partial charge in [-0.15, -0.1) is 0 Å². The predicted octanol–water partition coefficient (Wildman–Crippen LogP) is 4.22. The third-order valence-corrected chi connectivity index (χ3v) is 2.11. The third kappa shape index (κ3) is 5.99. The third-order valence-electron chi connectivity index (χ3n) is 2.11. The highest BCUT2D eigenvalue weighted by atomic mass is 19.4. The number of methoxy groups -OCH3 is 1. The second kappa shape index (κ2) is 8.50. The Labute approximate surface area is 115 Å². The highest BCUT2D eigenvalue weighted by Crippen LogP contribution is 2.35. The zero-order chi connectivity index (χ0) is 15.8. The number of rotatable bonds is 6. The molecular weight excluding hydrogens is 276 g/mol. The van der Waals surface area contributed by atoms with Gasteiger partial charge in [0.15, 0.2) is 5.57 Å². The Bertz CT molecular complexity index is 434. The fourth-order valence-corrected chi connectivity index (χ4v) is 1.28. The summed E-state index contributed by atoms with van der Waals surface area (Å²) >= 11 is 0. The lowest BCUT2D eigenvalue weighted by Crippen LogP contribution is -2.16. The summed E-state index contributed by atoms with van der Waals surface area (Å²) < 4.78 is 57.0. The van der Waals surface area contributed by atoms with Crippen LogP contribution in [0.3, 0.4) is 0 Å². The molecule has 0 unspecified atom stereocenters. The summed E-state index contributed by atoms with van der Waals surface area (Å²) in [5.41, 5.74) is -1.23. The minimum Gasteiger partial charge on any atom is -0.480 e. The van der Waals surface area contributed by atoms with Crippen LogP contribution in [0.1, 0.15) is 27.2 Å². The first-order valence-electron chi connectivity index (χ1n) is 5.97. The predicted molar refractivity (Wildman–Crippen MR) is 71.7 cm³/mol. The topological polar surface area (TPSA) is 34.0 Å². The van der Waals surface area contributed by atoms with Crippen molar-refractivity contribution >= 4 is 11.9 Å². The normalized spacial score (nSPS) is 15.6. The van der Waals surface area contributed by atoms with Crippen LogP contribution in [0.4, 0.5) is 17.6 Å². The van der Waals surface area contributed by atoms with E-state index in [0.29, 0.717) is 0 Å². The van der Waals surface area contributed by atoms with Crippen LogP contribution >= 0.6 is 0 Å². The molecule has 0 radical (unpaired) electrons. The first-order chi connectivity index (χ1) is 9.27. The van der Waals surface area contributed by atoms with E-state index in [4.69, 9.17) is 0 Å².